The molecule has 126 valence electrons. The molecule has 0 aliphatic heterocycles. The third-order valence-corrected chi connectivity index (χ3v) is 6.69. The highest BCUT2D eigenvalue weighted by molar-refractivity contribution is 7.99. The fourth-order valence-corrected chi connectivity index (χ4v) is 5.17. The summed E-state index contributed by atoms with van der Waals surface area (Å²) >= 11 is 10.5. The van der Waals surface area contributed by atoms with Crippen LogP contribution in [0.15, 0.2) is 51.0 Å². The van der Waals surface area contributed by atoms with Crippen molar-refractivity contribution in [2.75, 3.05) is 0 Å². The number of aromatic nitrogens is 3. The molecule has 1 N–H and O–H groups in total. The third-order valence-electron chi connectivity index (χ3n) is 3.63. The first-order chi connectivity index (χ1) is 12.1. The number of nitrogens with one attached hydrogen (secondary N) is 1. The predicted octanol–water partition coefficient (Wildman–Crippen LogP) is 5.61. The molecule has 0 aromatic carbocycles. The van der Waals surface area contributed by atoms with Crippen LogP contribution in [0.4, 0.5) is 0 Å². The molecule has 4 rings (SSSR count). The number of H-pyrrole nitrogens is 1. The molecule has 0 bridgehead atoms. The van der Waals surface area contributed by atoms with Gasteiger partial charge >= 0.3 is 0 Å². The fraction of sp³-hybridized carbons (Fsp3) is 0.118. The largest absolute Gasteiger partial charge is 0.309 e. The highest BCUT2D eigenvalue weighted by atomic mass is 35.5. The zero-order valence-electron chi connectivity index (χ0n) is 13.0. The second-order valence-corrected chi connectivity index (χ2v) is 8.94. The average Bonchev–Trinajstić information content (AvgIpc) is 3.25. The Hall–Kier alpha value is -1.67. The van der Waals surface area contributed by atoms with Crippen molar-refractivity contribution in [3.8, 4) is 10.4 Å². The molecule has 4 nitrogen and oxygen atoms in total. The number of rotatable bonds is 4. The van der Waals surface area contributed by atoms with Crippen molar-refractivity contribution in [3.63, 3.8) is 0 Å². The lowest BCUT2D eigenvalue weighted by Gasteiger charge is -2.10. The van der Waals surface area contributed by atoms with Crippen LogP contribution < -0.4 is 5.56 Å². The molecule has 0 fully saturated rings. The summed E-state index contributed by atoms with van der Waals surface area (Å²) in [7, 11) is 0. The van der Waals surface area contributed by atoms with E-state index in [1.54, 1.807) is 23.6 Å². The number of halogens is 1. The molecule has 0 aliphatic rings. The summed E-state index contributed by atoms with van der Waals surface area (Å²) in [6.07, 6.45) is 1.61. The van der Waals surface area contributed by atoms with Gasteiger partial charge < -0.3 is 4.98 Å². The Balaban J connectivity index is 1.69. The van der Waals surface area contributed by atoms with E-state index >= 15 is 0 Å². The number of pyridine rings is 1. The highest BCUT2D eigenvalue weighted by Crippen LogP contribution is 2.36. The van der Waals surface area contributed by atoms with Gasteiger partial charge in [0, 0.05) is 22.0 Å². The maximum atomic E-state index is 12.7. The molecule has 4 aromatic rings. The van der Waals surface area contributed by atoms with Crippen LogP contribution in [-0.2, 0) is 0 Å². The molecule has 25 heavy (non-hydrogen) atoms. The van der Waals surface area contributed by atoms with Crippen molar-refractivity contribution in [1.29, 1.82) is 0 Å². The first-order valence-electron chi connectivity index (χ1n) is 7.45. The summed E-state index contributed by atoms with van der Waals surface area (Å²) in [5, 5.41) is 6.08. The fourth-order valence-electron chi connectivity index (χ4n) is 2.44. The number of fused-ring (bicyclic) bond motifs is 1. The lowest BCUT2D eigenvalue weighted by Crippen LogP contribution is -2.12. The van der Waals surface area contributed by atoms with Gasteiger partial charge in [-0.15, -0.1) is 22.7 Å². The molecule has 8 heteroatoms. The van der Waals surface area contributed by atoms with Crippen LogP contribution in [0.5, 0.6) is 0 Å². The highest BCUT2D eigenvalue weighted by Gasteiger charge is 2.17. The van der Waals surface area contributed by atoms with Crippen LogP contribution in [0.1, 0.15) is 18.0 Å². The van der Waals surface area contributed by atoms with E-state index in [9.17, 15) is 4.79 Å². The molecule has 4 aromatic heterocycles. The number of hydrogen-bond acceptors (Lipinski definition) is 6. The molecule has 4 heterocycles. The van der Waals surface area contributed by atoms with Gasteiger partial charge in [0.05, 0.1) is 20.7 Å². The van der Waals surface area contributed by atoms with E-state index in [-0.39, 0.29) is 10.8 Å². The van der Waals surface area contributed by atoms with Crippen LogP contribution in [0.2, 0.25) is 5.02 Å². The summed E-state index contributed by atoms with van der Waals surface area (Å²) < 4.78 is 0. The zero-order chi connectivity index (χ0) is 17.4. The molecule has 0 aliphatic carbocycles. The lowest BCUT2D eigenvalue weighted by atomic mass is 10.2. The molecule has 0 saturated heterocycles. The standard InChI is InChI=1S/C17H12ClN3OS3/c1-9(25-13-5-4-10(18)7-19-13)15-20-16(22)14-11(8-24-17(14)21-15)12-3-2-6-23-12/h2-9H,1H3,(H,20,21,22). The third kappa shape index (κ3) is 3.37. The van der Waals surface area contributed by atoms with E-state index in [2.05, 4.69) is 15.0 Å². The molecule has 0 saturated carbocycles. The summed E-state index contributed by atoms with van der Waals surface area (Å²) in [5.41, 5.74) is 0.858. The van der Waals surface area contributed by atoms with Crippen LogP contribution >= 0.6 is 46.0 Å². The van der Waals surface area contributed by atoms with Gasteiger partial charge in [0.2, 0.25) is 0 Å². The van der Waals surface area contributed by atoms with Crippen LogP contribution in [0.3, 0.4) is 0 Å². The Morgan fingerprint density at radius 2 is 2.16 bits per heavy atom. The Morgan fingerprint density at radius 1 is 1.28 bits per heavy atom. The summed E-state index contributed by atoms with van der Waals surface area (Å²) in [6.45, 7) is 2.00. The molecular weight excluding hydrogens is 394 g/mol. The second-order valence-electron chi connectivity index (χ2n) is 5.33. The van der Waals surface area contributed by atoms with E-state index in [1.807, 2.05) is 35.9 Å². The van der Waals surface area contributed by atoms with E-state index in [1.165, 1.54) is 23.1 Å². The Labute approximate surface area is 160 Å². The smallest absolute Gasteiger partial charge is 0.260 e. The van der Waals surface area contributed by atoms with Crippen molar-refractivity contribution in [2.24, 2.45) is 0 Å². The Morgan fingerprint density at radius 3 is 2.88 bits per heavy atom. The van der Waals surface area contributed by atoms with Crippen molar-refractivity contribution in [3.05, 3.63) is 62.4 Å². The van der Waals surface area contributed by atoms with Crippen molar-refractivity contribution in [1.82, 2.24) is 15.0 Å². The molecule has 0 radical (unpaired) electrons. The van der Waals surface area contributed by atoms with Crippen molar-refractivity contribution >= 4 is 56.3 Å². The van der Waals surface area contributed by atoms with Gasteiger partial charge in [0.1, 0.15) is 10.7 Å². The summed E-state index contributed by atoms with van der Waals surface area (Å²) in [6, 6.07) is 7.66. The summed E-state index contributed by atoms with van der Waals surface area (Å²) in [5.74, 6) is 0.652. The first-order valence-corrected chi connectivity index (χ1v) is 10.5. The Bertz CT molecular complexity index is 1070. The maximum absolute atomic E-state index is 12.7. The number of thioether (sulfide) groups is 1. The number of nitrogens with zero attached hydrogens (tertiary/aromatic N) is 2. The maximum Gasteiger partial charge on any atom is 0.260 e. The van der Waals surface area contributed by atoms with Gasteiger partial charge in [-0.25, -0.2) is 9.97 Å². The summed E-state index contributed by atoms with van der Waals surface area (Å²) in [4.78, 5) is 26.4. The molecule has 0 spiro atoms. The van der Waals surface area contributed by atoms with E-state index in [4.69, 9.17) is 11.6 Å². The molecule has 1 atom stereocenters. The van der Waals surface area contributed by atoms with Gasteiger partial charge in [-0.1, -0.05) is 29.4 Å². The zero-order valence-corrected chi connectivity index (χ0v) is 16.2. The van der Waals surface area contributed by atoms with Crippen LogP contribution in [-0.4, -0.2) is 15.0 Å². The van der Waals surface area contributed by atoms with Crippen LogP contribution in [0, 0.1) is 0 Å². The quantitative estimate of drug-likeness (QED) is 0.448. The first kappa shape index (κ1) is 16.8. The SMILES string of the molecule is CC(Sc1ccc(Cl)cn1)c1nc2scc(-c3cccs3)c2c(=O)[nH]1. The van der Waals surface area contributed by atoms with Crippen LogP contribution in [0.25, 0.3) is 20.7 Å². The van der Waals surface area contributed by atoms with Gasteiger partial charge in [0.25, 0.3) is 5.56 Å². The molecular formula is C17H12ClN3OS3. The van der Waals surface area contributed by atoms with Gasteiger partial charge in [-0.2, -0.15) is 0 Å². The monoisotopic (exact) mass is 405 g/mol. The van der Waals surface area contributed by atoms with E-state index in [0.29, 0.717) is 16.2 Å². The van der Waals surface area contributed by atoms with Crippen molar-refractivity contribution in [2.45, 2.75) is 17.2 Å². The number of hydrogen-bond donors (Lipinski definition) is 1. The second kappa shape index (κ2) is 6.92. The minimum atomic E-state index is -0.0961. The molecule has 0 amide bonds. The molecule has 1 unspecified atom stereocenters. The number of aromatic amines is 1. The Kier molecular flexibility index (Phi) is 4.64. The van der Waals surface area contributed by atoms with Crippen molar-refractivity contribution < 1.29 is 0 Å². The van der Waals surface area contributed by atoms with Gasteiger partial charge in [-0.05, 0) is 30.5 Å². The number of thiophene rings is 2. The van der Waals surface area contributed by atoms with Gasteiger partial charge in [0.15, 0.2) is 0 Å². The van der Waals surface area contributed by atoms with E-state index in [0.717, 1.165) is 20.3 Å². The topological polar surface area (TPSA) is 58.6 Å². The minimum Gasteiger partial charge on any atom is -0.309 e. The average molecular weight is 406 g/mol. The lowest BCUT2D eigenvalue weighted by molar-refractivity contribution is 0.921. The van der Waals surface area contributed by atoms with E-state index < -0.39 is 0 Å². The minimum absolute atomic E-state index is 0.0296. The van der Waals surface area contributed by atoms with Gasteiger partial charge in [-0.3, -0.25) is 4.79 Å². The normalized spacial score (nSPS) is 12.6. The predicted molar refractivity (Wildman–Crippen MR) is 107 cm³/mol.